The Bertz CT molecular complexity index is 532. The molecule has 0 fully saturated rings. The van der Waals surface area contributed by atoms with E-state index in [1.165, 1.54) is 0 Å². The Balaban J connectivity index is 2.58. The number of halogens is 1. The number of fused-ring (bicyclic) bond motifs is 1. The summed E-state index contributed by atoms with van der Waals surface area (Å²) in [4.78, 5) is 11.1. The summed E-state index contributed by atoms with van der Waals surface area (Å²) in [6.45, 7) is 6.58. The molecular formula is C12H17BrN4. The third-order valence-electron chi connectivity index (χ3n) is 3.42. The van der Waals surface area contributed by atoms with Gasteiger partial charge >= 0.3 is 0 Å². The molecule has 2 rings (SSSR count). The summed E-state index contributed by atoms with van der Waals surface area (Å²) in [6, 6.07) is 0. The average Bonchev–Trinajstić information content (AvgIpc) is 2.74. The van der Waals surface area contributed by atoms with Gasteiger partial charge < -0.3 is 9.30 Å². The minimum atomic E-state index is 0.0558. The topological polar surface area (TPSA) is 33.4 Å². The monoisotopic (exact) mass is 296 g/mol. The van der Waals surface area contributed by atoms with E-state index in [2.05, 4.69) is 58.6 Å². The van der Waals surface area contributed by atoms with Crippen molar-refractivity contribution in [2.45, 2.75) is 32.7 Å². The van der Waals surface area contributed by atoms with E-state index in [0.29, 0.717) is 0 Å². The molecule has 0 unspecified atom stereocenters. The maximum Gasteiger partial charge on any atom is 0.180 e. The van der Waals surface area contributed by atoms with Crippen LogP contribution in [0.4, 0.5) is 5.82 Å². The molecule has 2 aromatic rings. The van der Waals surface area contributed by atoms with Gasteiger partial charge in [0.15, 0.2) is 11.5 Å². The van der Waals surface area contributed by atoms with Crippen LogP contribution in [-0.4, -0.2) is 27.0 Å². The molecule has 0 atom stereocenters. The lowest BCUT2D eigenvalue weighted by molar-refractivity contribution is 0.467. The van der Waals surface area contributed by atoms with E-state index >= 15 is 0 Å². The molecular weight excluding hydrogens is 280 g/mol. The minimum Gasteiger partial charge on any atom is -0.351 e. The number of rotatable bonds is 3. The van der Waals surface area contributed by atoms with Gasteiger partial charge in [0.1, 0.15) is 4.60 Å². The van der Waals surface area contributed by atoms with Gasteiger partial charge in [-0.3, -0.25) is 0 Å². The van der Waals surface area contributed by atoms with E-state index in [-0.39, 0.29) is 5.54 Å². The molecule has 4 nitrogen and oxygen atoms in total. The largest absolute Gasteiger partial charge is 0.351 e. The van der Waals surface area contributed by atoms with Crippen LogP contribution in [-0.2, 0) is 0 Å². The maximum atomic E-state index is 4.55. The van der Waals surface area contributed by atoms with Crippen LogP contribution in [0.2, 0.25) is 0 Å². The molecule has 92 valence electrons. The standard InChI is InChI=1S/C12H17BrN4/c1-5-12(2,3)16(4)11-10-14-6-7-17(10)8-9(13)15-11/h6-8H,5H2,1-4H3. The van der Waals surface area contributed by atoms with Gasteiger partial charge in [-0.25, -0.2) is 9.97 Å². The fourth-order valence-electron chi connectivity index (χ4n) is 1.63. The quantitative estimate of drug-likeness (QED) is 0.873. The Kier molecular flexibility index (Phi) is 3.12. The molecule has 0 radical (unpaired) electrons. The van der Waals surface area contributed by atoms with E-state index in [0.717, 1.165) is 22.5 Å². The summed E-state index contributed by atoms with van der Waals surface area (Å²) < 4.78 is 2.80. The number of aromatic nitrogens is 3. The van der Waals surface area contributed by atoms with Gasteiger partial charge in [-0.2, -0.15) is 0 Å². The third-order valence-corrected chi connectivity index (χ3v) is 3.80. The average molecular weight is 297 g/mol. The predicted octanol–water partition coefficient (Wildman–Crippen LogP) is 3.12. The summed E-state index contributed by atoms with van der Waals surface area (Å²) in [5, 5.41) is 0. The lowest BCUT2D eigenvalue weighted by Gasteiger charge is -2.35. The van der Waals surface area contributed by atoms with Crippen LogP contribution < -0.4 is 4.90 Å². The summed E-state index contributed by atoms with van der Waals surface area (Å²) >= 11 is 3.44. The van der Waals surface area contributed by atoms with E-state index in [4.69, 9.17) is 0 Å². The van der Waals surface area contributed by atoms with Crippen LogP contribution in [0.5, 0.6) is 0 Å². The molecule has 0 aromatic carbocycles. The van der Waals surface area contributed by atoms with Crippen molar-refractivity contribution >= 4 is 27.4 Å². The van der Waals surface area contributed by atoms with Crippen LogP contribution in [0, 0.1) is 0 Å². The smallest absolute Gasteiger partial charge is 0.180 e. The van der Waals surface area contributed by atoms with E-state index in [1.54, 1.807) is 6.20 Å². The van der Waals surface area contributed by atoms with Gasteiger partial charge in [-0.15, -0.1) is 0 Å². The van der Waals surface area contributed by atoms with Crippen molar-refractivity contribution < 1.29 is 0 Å². The van der Waals surface area contributed by atoms with Gasteiger partial charge in [-0.1, -0.05) is 6.92 Å². The van der Waals surface area contributed by atoms with Crippen molar-refractivity contribution in [2.75, 3.05) is 11.9 Å². The number of anilines is 1. The van der Waals surface area contributed by atoms with Crippen molar-refractivity contribution in [3.8, 4) is 0 Å². The second-order valence-electron chi connectivity index (χ2n) is 4.77. The SMILES string of the molecule is CCC(C)(C)N(C)c1nc(Br)cn2ccnc12. The number of imidazole rings is 1. The van der Waals surface area contributed by atoms with Crippen LogP contribution in [0.3, 0.4) is 0 Å². The second-order valence-corrected chi connectivity index (χ2v) is 5.58. The molecule has 2 aromatic heterocycles. The summed E-state index contributed by atoms with van der Waals surface area (Å²) in [5.41, 5.74) is 0.942. The highest BCUT2D eigenvalue weighted by molar-refractivity contribution is 9.10. The zero-order valence-electron chi connectivity index (χ0n) is 10.6. The zero-order valence-corrected chi connectivity index (χ0v) is 12.2. The normalized spacial score (nSPS) is 12.1. The molecule has 5 heteroatoms. The maximum absolute atomic E-state index is 4.55. The van der Waals surface area contributed by atoms with Crippen LogP contribution in [0.15, 0.2) is 23.2 Å². The molecule has 17 heavy (non-hydrogen) atoms. The Morgan fingerprint density at radius 3 is 2.82 bits per heavy atom. The highest BCUT2D eigenvalue weighted by Gasteiger charge is 2.25. The number of hydrogen-bond acceptors (Lipinski definition) is 3. The lowest BCUT2D eigenvalue weighted by atomic mass is 10.0. The summed E-state index contributed by atoms with van der Waals surface area (Å²) in [6.07, 6.45) is 6.68. The molecule has 0 aliphatic carbocycles. The zero-order chi connectivity index (χ0) is 12.6. The fraction of sp³-hybridized carbons (Fsp3) is 0.500. The molecule has 0 bridgehead atoms. The third kappa shape index (κ3) is 2.16. The Morgan fingerprint density at radius 2 is 2.18 bits per heavy atom. The lowest BCUT2D eigenvalue weighted by Crippen LogP contribution is -2.41. The van der Waals surface area contributed by atoms with Crippen LogP contribution >= 0.6 is 15.9 Å². The van der Waals surface area contributed by atoms with Crippen LogP contribution in [0.25, 0.3) is 5.65 Å². The van der Waals surface area contributed by atoms with Gasteiger partial charge in [0.2, 0.25) is 0 Å². The van der Waals surface area contributed by atoms with Crippen LogP contribution in [0.1, 0.15) is 27.2 Å². The summed E-state index contributed by atoms with van der Waals surface area (Å²) in [7, 11) is 2.06. The van der Waals surface area contributed by atoms with E-state index < -0.39 is 0 Å². The second kappa shape index (κ2) is 4.29. The Morgan fingerprint density at radius 1 is 1.47 bits per heavy atom. The van der Waals surface area contributed by atoms with Gasteiger partial charge in [0, 0.05) is 31.2 Å². The van der Waals surface area contributed by atoms with Crippen molar-refractivity contribution in [1.82, 2.24) is 14.4 Å². The number of nitrogens with zero attached hydrogens (tertiary/aromatic N) is 4. The van der Waals surface area contributed by atoms with E-state index in [1.807, 2.05) is 16.8 Å². The summed E-state index contributed by atoms with van der Waals surface area (Å²) in [5.74, 6) is 0.899. The van der Waals surface area contributed by atoms with Crippen molar-refractivity contribution in [2.24, 2.45) is 0 Å². The van der Waals surface area contributed by atoms with Gasteiger partial charge in [-0.05, 0) is 36.2 Å². The first kappa shape index (κ1) is 12.4. The van der Waals surface area contributed by atoms with Crippen molar-refractivity contribution in [3.05, 3.63) is 23.2 Å². The first-order chi connectivity index (χ1) is 7.95. The van der Waals surface area contributed by atoms with Gasteiger partial charge in [0.25, 0.3) is 0 Å². The van der Waals surface area contributed by atoms with Gasteiger partial charge in [0.05, 0.1) is 0 Å². The Labute approximate surface area is 110 Å². The van der Waals surface area contributed by atoms with E-state index in [9.17, 15) is 0 Å². The molecule has 0 amide bonds. The highest BCUT2D eigenvalue weighted by atomic mass is 79.9. The Hall–Kier alpha value is -1.10. The molecule has 0 N–H and O–H groups in total. The molecule has 0 aliphatic rings. The molecule has 0 aliphatic heterocycles. The van der Waals surface area contributed by atoms with Crippen molar-refractivity contribution in [3.63, 3.8) is 0 Å². The predicted molar refractivity (Wildman–Crippen MR) is 73.5 cm³/mol. The highest BCUT2D eigenvalue weighted by Crippen LogP contribution is 2.27. The first-order valence-corrected chi connectivity index (χ1v) is 6.48. The molecule has 0 saturated carbocycles. The molecule has 0 spiro atoms. The van der Waals surface area contributed by atoms with Crippen molar-refractivity contribution in [1.29, 1.82) is 0 Å². The minimum absolute atomic E-state index is 0.0558. The molecule has 2 heterocycles. The first-order valence-electron chi connectivity index (χ1n) is 5.69. The molecule has 0 saturated heterocycles. The fourth-order valence-corrected chi connectivity index (χ4v) is 2.02. The number of hydrogen-bond donors (Lipinski definition) is 0.